The van der Waals surface area contributed by atoms with E-state index in [1.807, 2.05) is 0 Å². The predicted molar refractivity (Wildman–Crippen MR) is 105 cm³/mol. The van der Waals surface area contributed by atoms with Crippen LogP contribution in [0.15, 0.2) is 0 Å². The highest BCUT2D eigenvalue weighted by Gasteiger charge is 2.20. The standard InChI is InChI=1S/C18H38N2.2ClH/c1-15(2)9-11-19-13-17-5-7-18(8-6-17)14-20-12-10-16(3)4;;/h15-20H,5-14H2,1-4H3;2*1H. The van der Waals surface area contributed by atoms with E-state index >= 15 is 0 Å². The number of rotatable bonds is 10. The molecule has 0 unspecified atom stereocenters. The second-order valence-electron chi connectivity index (χ2n) is 7.66. The minimum atomic E-state index is 0. The van der Waals surface area contributed by atoms with Crippen LogP contribution < -0.4 is 10.6 Å². The highest BCUT2D eigenvalue weighted by molar-refractivity contribution is 5.85. The molecule has 0 saturated heterocycles. The lowest BCUT2D eigenvalue weighted by Gasteiger charge is -2.29. The Balaban J connectivity index is 0. The highest BCUT2D eigenvalue weighted by Crippen LogP contribution is 2.27. The molecule has 0 radical (unpaired) electrons. The molecule has 136 valence electrons. The minimum absolute atomic E-state index is 0. The summed E-state index contributed by atoms with van der Waals surface area (Å²) in [5.41, 5.74) is 0. The molecule has 0 atom stereocenters. The molecule has 0 aromatic carbocycles. The molecule has 1 fully saturated rings. The van der Waals surface area contributed by atoms with E-state index in [4.69, 9.17) is 0 Å². The first-order chi connectivity index (χ1) is 9.58. The van der Waals surface area contributed by atoms with Crippen LogP contribution in [0.1, 0.15) is 66.2 Å². The van der Waals surface area contributed by atoms with E-state index in [0.717, 1.165) is 23.7 Å². The zero-order valence-corrected chi connectivity index (χ0v) is 16.8. The first kappa shape index (κ1) is 24.7. The van der Waals surface area contributed by atoms with Crippen molar-refractivity contribution < 1.29 is 0 Å². The van der Waals surface area contributed by atoms with Gasteiger partial charge in [-0.15, -0.1) is 24.8 Å². The van der Waals surface area contributed by atoms with Crippen LogP contribution in [-0.2, 0) is 0 Å². The largest absolute Gasteiger partial charge is 0.316 e. The van der Waals surface area contributed by atoms with E-state index in [1.54, 1.807) is 0 Å². The molecule has 0 amide bonds. The lowest BCUT2D eigenvalue weighted by Crippen LogP contribution is -2.31. The molecular weight excluding hydrogens is 315 g/mol. The maximum atomic E-state index is 3.65. The summed E-state index contributed by atoms with van der Waals surface area (Å²) < 4.78 is 0. The van der Waals surface area contributed by atoms with Gasteiger partial charge in [-0.05, 0) is 88.4 Å². The zero-order chi connectivity index (χ0) is 14.8. The van der Waals surface area contributed by atoms with Gasteiger partial charge in [0.1, 0.15) is 0 Å². The van der Waals surface area contributed by atoms with E-state index in [-0.39, 0.29) is 24.8 Å². The van der Waals surface area contributed by atoms with Crippen molar-refractivity contribution in [1.82, 2.24) is 10.6 Å². The average Bonchev–Trinajstić information content (AvgIpc) is 2.41. The molecule has 0 aromatic rings. The molecule has 22 heavy (non-hydrogen) atoms. The second-order valence-corrected chi connectivity index (χ2v) is 7.66. The molecule has 2 N–H and O–H groups in total. The molecule has 1 rings (SSSR count). The number of nitrogens with one attached hydrogen (secondary N) is 2. The van der Waals surface area contributed by atoms with Crippen molar-refractivity contribution in [1.29, 1.82) is 0 Å². The topological polar surface area (TPSA) is 24.1 Å². The van der Waals surface area contributed by atoms with Gasteiger partial charge >= 0.3 is 0 Å². The Labute approximate surface area is 151 Å². The summed E-state index contributed by atoms with van der Waals surface area (Å²) in [4.78, 5) is 0. The van der Waals surface area contributed by atoms with E-state index in [2.05, 4.69) is 38.3 Å². The highest BCUT2D eigenvalue weighted by atomic mass is 35.5. The van der Waals surface area contributed by atoms with Gasteiger partial charge in [0.15, 0.2) is 0 Å². The quantitative estimate of drug-likeness (QED) is 0.544. The Hall–Kier alpha value is 0.500. The molecule has 0 aliphatic heterocycles. The van der Waals surface area contributed by atoms with Gasteiger partial charge in [0.05, 0.1) is 0 Å². The van der Waals surface area contributed by atoms with Crippen molar-refractivity contribution in [2.75, 3.05) is 26.2 Å². The molecule has 2 nitrogen and oxygen atoms in total. The second kappa shape index (κ2) is 15.1. The van der Waals surface area contributed by atoms with Gasteiger partial charge in [-0.1, -0.05) is 27.7 Å². The summed E-state index contributed by atoms with van der Waals surface area (Å²) in [6.07, 6.45) is 8.37. The summed E-state index contributed by atoms with van der Waals surface area (Å²) in [7, 11) is 0. The van der Waals surface area contributed by atoms with Crippen LogP contribution >= 0.6 is 24.8 Å². The predicted octanol–water partition coefficient (Wildman–Crippen LogP) is 4.91. The Bertz CT molecular complexity index is 203. The number of hydrogen-bond acceptors (Lipinski definition) is 2. The fourth-order valence-corrected chi connectivity index (χ4v) is 3.03. The smallest absolute Gasteiger partial charge is 0.00205 e. The molecule has 0 spiro atoms. The number of hydrogen-bond donors (Lipinski definition) is 2. The van der Waals surface area contributed by atoms with Crippen LogP contribution in [0, 0.1) is 23.7 Å². The van der Waals surface area contributed by atoms with Crippen LogP contribution in [0.5, 0.6) is 0 Å². The third-order valence-electron chi connectivity index (χ3n) is 4.63. The van der Waals surface area contributed by atoms with Gasteiger partial charge in [-0.2, -0.15) is 0 Å². The molecule has 0 heterocycles. The number of halogens is 2. The summed E-state index contributed by atoms with van der Waals surface area (Å²) in [6, 6.07) is 0. The fraction of sp³-hybridized carbons (Fsp3) is 1.00. The van der Waals surface area contributed by atoms with E-state index in [9.17, 15) is 0 Å². The van der Waals surface area contributed by atoms with E-state index < -0.39 is 0 Å². The maximum absolute atomic E-state index is 3.65. The Morgan fingerprint density at radius 1 is 0.682 bits per heavy atom. The molecule has 0 aromatic heterocycles. The Morgan fingerprint density at radius 2 is 1.00 bits per heavy atom. The summed E-state index contributed by atoms with van der Waals surface area (Å²) >= 11 is 0. The van der Waals surface area contributed by atoms with Gasteiger partial charge < -0.3 is 10.6 Å². The summed E-state index contributed by atoms with van der Waals surface area (Å²) in [5, 5.41) is 7.30. The molecule has 4 heteroatoms. The van der Waals surface area contributed by atoms with E-state index in [0.29, 0.717) is 0 Å². The van der Waals surface area contributed by atoms with Crippen molar-refractivity contribution in [3.8, 4) is 0 Å². The van der Waals surface area contributed by atoms with Gasteiger partial charge in [0.2, 0.25) is 0 Å². The Morgan fingerprint density at radius 3 is 1.27 bits per heavy atom. The molecule has 1 saturated carbocycles. The molecule has 1 aliphatic carbocycles. The maximum Gasteiger partial charge on any atom is -0.00205 e. The fourth-order valence-electron chi connectivity index (χ4n) is 3.03. The first-order valence-corrected chi connectivity index (χ1v) is 8.99. The molecular formula is C18H40Cl2N2. The monoisotopic (exact) mass is 354 g/mol. The van der Waals surface area contributed by atoms with Gasteiger partial charge in [0, 0.05) is 0 Å². The lowest BCUT2D eigenvalue weighted by molar-refractivity contribution is 0.260. The third kappa shape index (κ3) is 13.0. The van der Waals surface area contributed by atoms with Crippen LogP contribution in [0.25, 0.3) is 0 Å². The van der Waals surface area contributed by atoms with Crippen molar-refractivity contribution in [2.45, 2.75) is 66.2 Å². The van der Waals surface area contributed by atoms with Crippen molar-refractivity contribution in [3.05, 3.63) is 0 Å². The van der Waals surface area contributed by atoms with Crippen molar-refractivity contribution >= 4 is 24.8 Å². The van der Waals surface area contributed by atoms with Crippen molar-refractivity contribution in [2.24, 2.45) is 23.7 Å². The average molecular weight is 355 g/mol. The first-order valence-electron chi connectivity index (χ1n) is 8.99. The van der Waals surface area contributed by atoms with Crippen LogP contribution in [-0.4, -0.2) is 26.2 Å². The third-order valence-corrected chi connectivity index (χ3v) is 4.63. The molecule has 0 bridgehead atoms. The van der Waals surface area contributed by atoms with Crippen molar-refractivity contribution in [3.63, 3.8) is 0 Å². The summed E-state index contributed by atoms with van der Waals surface area (Å²) in [6.45, 7) is 14.1. The van der Waals surface area contributed by atoms with Gasteiger partial charge in [-0.25, -0.2) is 0 Å². The minimum Gasteiger partial charge on any atom is -0.316 e. The summed E-state index contributed by atoms with van der Waals surface area (Å²) in [5.74, 6) is 3.54. The van der Waals surface area contributed by atoms with Crippen LogP contribution in [0.2, 0.25) is 0 Å². The normalized spacial score (nSPS) is 21.5. The SMILES string of the molecule is CC(C)CCNCC1CCC(CNCCC(C)C)CC1.Cl.Cl. The van der Waals surface area contributed by atoms with Crippen LogP contribution in [0.4, 0.5) is 0 Å². The zero-order valence-electron chi connectivity index (χ0n) is 15.2. The Kier molecular flexibility index (Phi) is 16.9. The molecule has 1 aliphatic rings. The van der Waals surface area contributed by atoms with E-state index in [1.165, 1.54) is 64.7 Å². The van der Waals surface area contributed by atoms with Gasteiger partial charge in [0.25, 0.3) is 0 Å². The lowest BCUT2D eigenvalue weighted by atomic mass is 9.82. The van der Waals surface area contributed by atoms with Crippen LogP contribution in [0.3, 0.4) is 0 Å². The van der Waals surface area contributed by atoms with Gasteiger partial charge in [-0.3, -0.25) is 0 Å².